The van der Waals surface area contributed by atoms with Crippen molar-refractivity contribution in [3.8, 4) is 0 Å². The molecule has 4 heteroatoms. The van der Waals surface area contributed by atoms with Gasteiger partial charge in [-0.3, -0.25) is 4.98 Å². The Morgan fingerprint density at radius 3 is 2.88 bits per heavy atom. The first-order valence-electron chi connectivity index (χ1n) is 6.39. The van der Waals surface area contributed by atoms with E-state index < -0.39 is 0 Å². The van der Waals surface area contributed by atoms with Crippen LogP contribution in [0.1, 0.15) is 37.1 Å². The molecule has 2 unspecified atom stereocenters. The zero-order valence-electron chi connectivity index (χ0n) is 10.6. The Bertz CT molecular complexity index is 381. The third kappa shape index (κ3) is 3.16. The quantitative estimate of drug-likeness (QED) is 0.842. The normalized spacial score (nSPS) is 24.6. The van der Waals surface area contributed by atoms with Gasteiger partial charge in [-0.25, -0.2) is 4.98 Å². The molecule has 1 saturated carbocycles. The number of hydrogen-bond acceptors (Lipinski definition) is 4. The zero-order valence-corrected chi connectivity index (χ0v) is 10.6. The molecule has 1 aliphatic carbocycles. The van der Waals surface area contributed by atoms with Gasteiger partial charge in [0.2, 0.25) is 0 Å². The smallest absolute Gasteiger partial charge is 0.147 e. The van der Waals surface area contributed by atoms with Crippen LogP contribution in [-0.4, -0.2) is 27.7 Å². The summed E-state index contributed by atoms with van der Waals surface area (Å²) >= 11 is 0. The average molecular weight is 235 g/mol. The molecule has 2 rings (SSSR count). The highest BCUT2D eigenvalue weighted by Gasteiger charge is 2.22. The highest BCUT2D eigenvalue weighted by Crippen LogP contribution is 2.24. The summed E-state index contributed by atoms with van der Waals surface area (Å²) in [6, 6.07) is 0. The Labute approximate surface area is 102 Å². The van der Waals surface area contributed by atoms with Crippen LogP contribution >= 0.6 is 0 Å². The average Bonchev–Trinajstić information content (AvgIpc) is 2.32. The highest BCUT2D eigenvalue weighted by atomic mass is 16.3. The van der Waals surface area contributed by atoms with Gasteiger partial charge in [0.15, 0.2) is 0 Å². The fourth-order valence-corrected chi connectivity index (χ4v) is 2.36. The molecule has 1 aromatic rings. The predicted molar refractivity (Wildman–Crippen MR) is 68.0 cm³/mol. The molecule has 0 radical (unpaired) electrons. The number of hydrogen-bond donors (Lipinski definition) is 2. The molecule has 0 aliphatic heterocycles. The Hall–Kier alpha value is -1.16. The van der Waals surface area contributed by atoms with Crippen molar-refractivity contribution in [1.29, 1.82) is 0 Å². The third-order valence-corrected chi connectivity index (χ3v) is 3.48. The van der Waals surface area contributed by atoms with Gasteiger partial charge in [-0.2, -0.15) is 0 Å². The van der Waals surface area contributed by atoms with Gasteiger partial charge in [0, 0.05) is 18.7 Å². The van der Waals surface area contributed by atoms with E-state index in [0.29, 0.717) is 5.92 Å². The minimum Gasteiger partial charge on any atom is -0.393 e. The molecule has 1 aliphatic rings. The minimum absolute atomic E-state index is 0.158. The monoisotopic (exact) mass is 235 g/mol. The molecule has 1 heterocycles. The second-order valence-electron chi connectivity index (χ2n) is 4.94. The maximum Gasteiger partial charge on any atom is 0.147 e. The number of anilines is 1. The highest BCUT2D eigenvalue weighted by molar-refractivity contribution is 5.39. The summed E-state index contributed by atoms with van der Waals surface area (Å²) in [4.78, 5) is 8.70. The van der Waals surface area contributed by atoms with Crippen molar-refractivity contribution in [1.82, 2.24) is 9.97 Å². The molecule has 0 amide bonds. The van der Waals surface area contributed by atoms with Crippen LogP contribution in [0.3, 0.4) is 0 Å². The lowest BCUT2D eigenvalue weighted by Gasteiger charge is -2.27. The zero-order chi connectivity index (χ0) is 12.3. The number of aliphatic hydroxyl groups is 1. The summed E-state index contributed by atoms with van der Waals surface area (Å²) < 4.78 is 0. The van der Waals surface area contributed by atoms with Gasteiger partial charge in [0.25, 0.3) is 0 Å². The predicted octanol–water partition coefficient (Wildman–Crippen LogP) is 2.06. The second-order valence-corrected chi connectivity index (χ2v) is 4.94. The van der Waals surface area contributed by atoms with Crippen LogP contribution in [-0.2, 0) is 0 Å². The number of aliphatic hydroxyl groups excluding tert-OH is 1. The summed E-state index contributed by atoms with van der Waals surface area (Å²) in [6.45, 7) is 4.68. The van der Waals surface area contributed by atoms with Crippen LogP contribution in [0.4, 0.5) is 5.82 Å². The first-order valence-corrected chi connectivity index (χ1v) is 6.39. The molecule has 2 N–H and O–H groups in total. The van der Waals surface area contributed by atoms with Crippen molar-refractivity contribution >= 4 is 5.82 Å². The second kappa shape index (κ2) is 5.45. The maximum absolute atomic E-state index is 9.89. The summed E-state index contributed by atoms with van der Waals surface area (Å²) in [7, 11) is 0. The molecular formula is C13H21N3O. The Balaban J connectivity index is 1.94. The molecule has 0 saturated heterocycles. The Morgan fingerprint density at radius 1 is 1.35 bits per heavy atom. The van der Waals surface area contributed by atoms with E-state index in [0.717, 1.165) is 43.0 Å². The SMILES string of the molecule is Cc1cnc(C)c(NCC2CCCCC2O)n1. The number of rotatable bonds is 3. The van der Waals surface area contributed by atoms with E-state index in [2.05, 4.69) is 15.3 Å². The van der Waals surface area contributed by atoms with E-state index in [1.165, 1.54) is 6.42 Å². The van der Waals surface area contributed by atoms with Gasteiger partial charge < -0.3 is 10.4 Å². The number of nitrogens with zero attached hydrogens (tertiary/aromatic N) is 2. The van der Waals surface area contributed by atoms with Crippen LogP contribution in [0, 0.1) is 19.8 Å². The molecule has 4 nitrogen and oxygen atoms in total. The molecule has 17 heavy (non-hydrogen) atoms. The van der Waals surface area contributed by atoms with Crippen molar-refractivity contribution < 1.29 is 5.11 Å². The van der Waals surface area contributed by atoms with E-state index in [-0.39, 0.29) is 6.10 Å². The fourth-order valence-electron chi connectivity index (χ4n) is 2.36. The van der Waals surface area contributed by atoms with E-state index >= 15 is 0 Å². The van der Waals surface area contributed by atoms with E-state index in [9.17, 15) is 5.11 Å². The standard InChI is InChI=1S/C13H21N3O/c1-9-7-14-10(2)13(16-9)15-8-11-5-3-4-6-12(11)17/h7,11-12,17H,3-6,8H2,1-2H3,(H,15,16). The molecular weight excluding hydrogens is 214 g/mol. The van der Waals surface area contributed by atoms with E-state index in [4.69, 9.17) is 0 Å². The first kappa shape index (κ1) is 12.3. The molecule has 0 spiro atoms. The van der Waals surface area contributed by atoms with E-state index in [1.54, 1.807) is 6.20 Å². The molecule has 94 valence electrons. The lowest BCUT2D eigenvalue weighted by atomic mass is 9.86. The van der Waals surface area contributed by atoms with Crippen molar-refractivity contribution in [2.24, 2.45) is 5.92 Å². The van der Waals surface area contributed by atoms with Crippen molar-refractivity contribution in [2.75, 3.05) is 11.9 Å². The van der Waals surface area contributed by atoms with Crippen molar-refractivity contribution in [3.05, 3.63) is 17.6 Å². The lowest BCUT2D eigenvalue weighted by molar-refractivity contribution is 0.0763. The fraction of sp³-hybridized carbons (Fsp3) is 0.692. The maximum atomic E-state index is 9.89. The number of aromatic nitrogens is 2. The molecule has 1 fully saturated rings. The van der Waals surface area contributed by atoms with Gasteiger partial charge in [0.1, 0.15) is 5.82 Å². The molecule has 0 aromatic carbocycles. The first-order chi connectivity index (χ1) is 8.16. The van der Waals surface area contributed by atoms with Gasteiger partial charge in [0.05, 0.1) is 17.5 Å². The number of nitrogens with one attached hydrogen (secondary N) is 1. The molecule has 0 bridgehead atoms. The third-order valence-electron chi connectivity index (χ3n) is 3.48. The van der Waals surface area contributed by atoms with Crippen LogP contribution < -0.4 is 5.32 Å². The van der Waals surface area contributed by atoms with Crippen molar-refractivity contribution in [2.45, 2.75) is 45.6 Å². The van der Waals surface area contributed by atoms with Crippen LogP contribution in [0.5, 0.6) is 0 Å². The van der Waals surface area contributed by atoms with Crippen LogP contribution in [0.25, 0.3) is 0 Å². The Kier molecular flexibility index (Phi) is 3.94. The van der Waals surface area contributed by atoms with E-state index in [1.807, 2.05) is 13.8 Å². The van der Waals surface area contributed by atoms with Gasteiger partial charge in [-0.15, -0.1) is 0 Å². The summed E-state index contributed by atoms with van der Waals surface area (Å²) in [6.07, 6.45) is 6.03. The Morgan fingerprint density at radius 2 is 2.12 bits per heavy atom. The minimum atomic E-state index is -0.158. The van der Waals surface area contributed by atoms with Gasteiger partial charge >= 0.3 is 0 Å². The topological polar surface area (TPSA) is 58.0 Å². The molecule has 2 atom stereocenters. The summed E-state index contributed by atoms with van der Waals surface area (Å²) in [5, 5.41) is 13.2. The molecule has 1 aromatic heterocycles. The van der Waals surface area contributed by atoms with Crippen molar-refractivity contribution in [3.63, 3.8) is 0 Å². The largest absolute Gasteiger partial charge is 0.393 e. The van der Waals surface area contributed by atoms with Crippen LogP contribution in [0.2, 0.25) is 0 Å². The summed E-state index contributed by atoms with van der Waals surface area (Å²) in [5.74, 6) is 1.20. The van der Waals surface area contributed by atoms with Gasteiger partial charge in [-0.05, 0) is 26.7 Å². The van der Waals surface area contributed by atoms with Gasteiger partial charge in [-0.1, -0.05) is 12.8 Å². The lowest BCUT2D eigenvalue weighted by Crippen LogP contribution is -2.30. The van der Waals surface area contributed by atoms with Crippen LogP contribution in [0.15, 0.2) is 6.20 Å². The number of aryl methyl sites for hydroxylation is 2. The summed E-state index contributed by atoms with van der Waals surface area (Å²) in [5.41, 5.74) is 1.84.